The summed E-state index contributed by atoms with van der Waals surface area (Å²) in [4.78, 5) is 15.8. The zero-order chi connectivity index (χ0) is 21.1. The van der Waals surface area contributed by atoms with Crippen molar-refractivity contribution in [3.05, 3.63) is 40.1 Å². The number of aryl methyl sites for hydroxylation is 1. The van der Waals surface area contributed by atoms with Gasteiger partial charge in [0.1, 0.15) is 6.61 Å². The molecule has 0 saturated carbocycles. The van der Waals surface area contributed by atoms with Crippen molar-refractivity contribution in [3.8, 4) is 11.5 Å². The van der Waals surface area contributed by atoms with Crippen molar-refractivity contribution in [2.24, 2.45) is 0 Å². The highest BCUT2D eigenvalue weighted by Crippen LogP contribution is 2.34. The van der Waals surface area contributed by atoms with E-state index in [9.17, 15) is 13.2 Å². The van der Waals surface area contributed by atoms with Gasteiger partial charge in [-0.1, -0.05) is 0 Å². The number of hydrogen-bond donors (Lipinski definition) is 1. The summed E-state index contributed by atoms with van der Waals surface area (Å²) in [6, 6.07) is 6.52. The fourth-order valence-corrected chi connectivity index (χ4v) is 5.66. The molecule has 3 heterocycles. The highest BCUT2D eigenvalue weighted by Gasteiger charge is 2.32. The first kappa shape index (κ1) is 21.1. The van der Waals surface area contributed by atoms with Gasteiger partial charge in [-0.2, -0.15) is 0 Å². The van der Waals surface area contributed by atoms with Gasteiger partial charge in [-0.15, -0.1) is 11.3 Å². The summed E-state index contributed by atoms with van der Waals surface area (Å²) in [7, 11) is -3.66. The Balaban J connectivity index is 1.39. The zero-order valence-corrected chi connectivity index (χ0v) is 18.6. The van der Waals surface area contributed by atoms with E-state index >= 15 is 0 Å². The van der Waals surface area contributed by atoms with Crippen LogP contribution in [0.5, 0.6) is 11.5 Å². The molecule has 1 unspecified atom stereocenters. The summed E-state index contributed by atoms with van der Waals surface area (Å²) in [6.07, 6.45) is 3.12. The van der Waals surface area contributed by atoms with E-state index in [-0.39, 0.29) is 17.4 Å². The Labute approximate surface area is 181 Å². The van der Waals surface area contributed by atoms with E-state index in [4.69, 9.17) is 9.47 Å². The number of benzene rings is 1. The van der Waals surface area contributed by atoms with Crippen LogP contribution in [0.2, 0.25) is 0 Å². The number of amides is 1. The van der Waals surface area contributed by atoms with Gasteiger partial charge in [0.05, 0.1) is 4.90 Å². The summed E-state index contributed by atoms with van der Waals surface area (Å²) in [5.74, 6) is 0.669. The fourth-order valence-electron chi connectivity index (χ4n) is 3.70. The van der Waals surface area contributed by atoms with Gasteiger partial charge in [-0.05, 0) is 61.7 Å². The molecule has 162 valence electrons. The molecule has 2 aliphatic heterocycles. The Morgan fingerprint density at radius 3 is 2.73 bits per heavy atom. The van der Waals surface area contributed by atoms with Crippen LogP contribution in [0.15, 0.2) is 34.5 Å². The first-order chi connectivity index (χ1) is 14.4. The number of hydrogen-bond acceptors (Lipinski definition) is 6. The Morgan fingerprint density at radius 1 is 1.20 bits per heavy atom. The van der Waals surface area contributed by atoms with E-state index in [1.807, 2.05) is 23.3 Å². The summed E-state index contributed by atoms with van der Waals surface area (Å²) >= 11 is 1.62. The third-order valence-electron chi connectivity index (χ3n) is 5.44. The summed E-state index contributed by atoms with van der Waals surface area (Å²) in [5.41, 5.74) is 1.17. The van der Waals surface area contributed by atoms with Crippen molar-refractivity contribution in [3.63, 3.8) is 0 Å². The number of ether oxygens (including phenoxy) is 2. The molecule has 2 aromatic rings. The van der Waals surface area contributed by atoms with Gasteiger partial charge in [-0.25, -0.2) is 13.1 Å². The second-order valence-electron chi connectivity index (χ2n) is 7.59. The van der Waals surface area contributed by atoms with Crippen molar-refractivity contribution in [2.75, 3.05) is 26.2 Å². The molecular weight excluding hydrogens is 424 g/mol. The average molecular weight is 451 g/mol. The number of nitrogens with zero attached hydrogens (tertiary/aromatic N) is 1. The van der Waals surface area contributed by atoms with Crippen LogP contribution in [0.3, 0.4) is 0 Å². The lowest BCUT2D eigenvalue weighted by Crippen LogP contribution is -2.48. The molecule has 1 fully saturated rings. The number of rotatable bonds is 6. The summed E-state index contributed by atoms with van der Waals surface area (Å²) in [6.45, 7) is 3.92. The van der Waals surface area contributed by atoms with Crippen molar-refractivity contribution in [1.82, 2.24) is 9.62 Å². The van der Waals surface area contributed by atoms with Crippen LogP contribution in [-0.2, 0) is 21.2 Å². The topological polar surface area (TPSA) is 84.9 Å². The predicted molar refractivity (Wildman–Crippen MR) is 115 cm³/mol. The second-order valence-corrected chi connectivity index (χ2v) is 10.4. The van der Waals surface area contributed by atoms with Crippen LogP contribution in [0.25, 0.3) is 0 Å². The van der Waals surface area contributed by atoms with Crippen LogP contribution in [0.4, 0.5) is 0 Å². The zero-order valence-electron chi connectivity index (χ0n) is 16.9. The van der Waals surface area contributed by atoms with E-state index < -0.39 is 16.1 Å². The normalized spacial score (nSPS) is 19.0. The molecule has 0 radical (unpaired) electrons. The molecule has 2 aliphatic rings. The molecule has 1 aromatic carbocycles. The maximum atomic E-state index is 12.6. The standard InChI is InChI=1S/C21H26N2O5S2/c1-15-8-12-29-20(15)7-9-22-30(25,26)16-5-6-17-18(13-16)27-14-19(28-17)21(24)23-10-3-2-4-11-23/h5-6,8,12-13,19,22H,2-4,7,9-11,14H2,1H3. The number of fused-ring (bicyclic) bond motifs is 1. The van der Waals surface area contributed by atoms with Gasteiger partial charge in [-0.3, -0.25) is 4.79 Å². The predicted octanol–water partition coefficient (Wildman–Crippen LogP) is 2.73. The molecule has 1 atom stereocenters. The third kappa shape index (κ3) is 4.63. The van der Waals surface area contributed by atoms with Gasteiger partial charge in [0.2, 0.25) is 16.1 Å². The van der Waals surface area contributed by atoms with Crippen LogP contribution in [0, 0.1) is 6.92 Å². The lowest BCUT2D eigenvalue weighted by Gasteiger charge is -2.32. The number of likely N-dealkylation sites (tertiary alicyclic amines) is 1. The third-order valence-corrected chi connectivity index (χ3v) is 7.98. The molecule has 4 rings (SSSR count). The van der Waals surface area contributed by atoms with E-state index in [2.05, 4.69) is 4.72 Å². The lowest BCUT2D eigenvalue weighted by atomic mass is 10.1. The number of piperidine rings is 1. The van der Waals surface area contributed by atoms with Gasteiger partial charge in [0.15, 0.2) is 11.5 Å². The minimum absolute atomic E-state index is 0.0671. The van der Waals surface area contributed by atoms with Crippen LogP contribution in [0.1, 0.15) is 29.7 Å². The Bertz CT molecular complexity index is 1010. The van der Waals surface area contributed by atoms with E-state index in [1.54, 1.807) is 17.4 Å². The highest BCUT2D eigenvalue weighted by atomic mass is 32.2. The summed E-state index contributed by atoms with van der Waals surface area (Å²) in [5, 5.41) is 2.00. The quantitative estimate of drug-likeness (QED) is 0.732. The number of carbonyl (C=O) groups excluding carboxylic acids is 1. The highest BCUT2D eigenvalue weighted by molar-refractivity contribution is 7.89. The molecule has 0 aliphatic carbocycles. The first-order valence-corrected chi connectivity index (χ1v) is 12.6. The second kappa shape index (κ2) is 8.95. The van der Waals surface area contributed by atoms with Crippen molar-refractivity contribution < 1.29 is 22.7 Å². The Kier molecular flexibility index (Phi) is 6.31. The maximum Gasteiger partial charge on any atom is 0.267 e. The molecular formula is C21H26N2O5S2. The number of thiophene rings is 1. The lowest BCUT2D eigenvalue weighted by molar-refractivity contribution is -0.142. The van der Waals surface area contributed by atoms with Crippen LogP contribution >= 0.6 is 11.3 Å². The Morgan fingerprint density at radius 2 is 2.00 bits per heavy atom. The molecule has 1 aromatic heterocycles. The van der Waals surface area contributed by atoms with Crippen LogP contribution in [-0.4, -0.2) is 51.6 Å². The number of nitrogens with one attached hydrogen (secondary N) is 1. The van der Waals surface area contributed by atoms with Crippen molar-refractivity contribution in [2.45, 2.75) is 43.6 Å². The van der Waals surface area contributed by atoms with E-state index in [0.29, 0.717) is 24.5 Å². The average Bonchev–Trinajstić information content (AvgIpc) is 3.17. The molecule has 0 bridgehead atoms. The van der Waals surface area contributed by atoms with Gasteiger partial charge in [0, 0.05) is 30.6 Å². The maximum absolute atomic E-state index is 12.6. The minimum atomic E-state index is -3.66. The SMILES string of the molecule is Cc1ccsc1CCNS(=O)(=O)c1ccc2c(c1)OCC(C(=O)N1CCCCC1)O2. The smallest absolute Gasteiger partial charge is 0.267 e. The van der Waals surface area contributed by atoms with E-state index in [1.165, 1.54) is 22.6 Å². The molecule has 0 spiro atoms. The molecule has 1 amide bonds. The fraction of sp³-hybridized carbons (Fsp3) is 0.476. The molecule has 7 nitrogen and oxygen atoms in total. The minimum Gasteiger partial charge on any atom is -0.485 e. The number of sulfonamides is 1. The molecule has 30 heavy (non-hydrogen) atoms. The molecule has 1 saturated heterocycles. The first-order valence-electron chi connectivity index (χ1n) is 10.2. The largest absolute Gasteiger partial charge is 0.485 e. The van der Waals surface area contributed by atoms with E-state index in [0.717, 1.165) is 32.4 Å². The number of carbonyl (C=O) groups is 1. The monoisotopic (exact) mass is 450 g/mol. The summed E-state index contributed by atoms with van der Waals surface area (Å²) < 4.78 is 39.5. The van der Waals surface area contributed by atoms with Crippen LogP contribution < -0.4 is 14.2 Å². The van der Waals surface area contributed by atoms with Crippen molar-refractivity contribution in [1.29, 1.82) is 0 Å². The molecule has 9 heteroatoms. The van der Waals surface area contributed by atoms with Gasteiger partial charge >= 0.3 is 0 Å². The molecule has 1 N–H and O–H groups in total. The van der Waals surface area contributed by atoms with Crippen molar-refractivity contribution >= 4 is 27.3 Å². The van der Waals surface area contributed by atoms with Gasteiger partial charge in [0.25, 0.3) is 5.91 Å². The Hall–Kier alpha value is -2.10. The van der Waals surface area contributed by atoms with Gasteiger partial charge < -0.3 is 14.4 Å².